The van der Waals surface area contributed by atoms with Crippen molar-refractivity contribution in [2.45, 2.75) is 6.54 Å². The molecule has 1 heterocycles. The predicted molar refractivity (Wildman–Crippen MR) is 82.9 cm³/mol. The highest BCUT2D eigenvalue weighted by Crippen LogP contribution is 2.30. The minimum atomic E-state index is -0.450. The van der Waals surface area contributed by atoms with E-state index in [2.05, 4.69) is 10.6 Å². The van der Waals surface area contributed by atoms with Crippen molar-refractivity contribution < 1.29 is 14.3 Å². The molecule has 2 aromatic carbocycles. The Bertz CT molecular complexity index is 743. The van der Waals surface area contributed by atoms with Crippen molar-refractivity contribution in [2.75, 3.05) is 17.2 Å². The van der Waals surface area contributed by atoms with E-state index in [0.29, 0.717) is 23.5 Å². The van der Waals surface area contributed by atoms with Crippen LogP contribution in [0.2, 0.25) is 0 Å². The van der Waals surface area contributed by atoms with Crippen molar-refractivity contribution >= 4 is 23.2 Å². The summed E-state index contributed by atoms with van der Waals surface area (Å²) in [5.74, 6) is 0.00488. The van der Waals surface area contributed by atoms with Crippen LogP contribution in [-0.4, -0.2) is 18.4 Å². The number of hydrogen-bond acceptors (Lipinski definition) is 4. The van der Waals surface area contributed by atoms with Crippen LogP contribution < -0.4 is 21.1 Å². The standard InChI is InChI=1S/C16H15N3O3/c17-16(21)12-4-2-1-3-10(12)8-18-11-5-6-13-14(7-11)22-9-15(20)19-13/h1-7,18H,8-9H2,(H2,17,21)(H,19,20). The summed E-state index contributed by atoms with van der Waals surface area (Å²) in [4.78, 5) is 22.6. The highest BCUT2D eigenvalue weighted by atomic mass is 16.5. The van der Waals surface area contributed by atoms with Gasteiger partial charge in [0.15, 0.2) is 6.61 Å². The molecule has 3 rings (SSSR count). The van der Waals surface area contributed by atoms with Crippen LogP contribution in [0.5, 0.6) is 5.75 Å². The lowest BCUT2D eigenvalue weighted by atomic mass is 10.1. The van der Waals surface area contributed by atoms with Gasteiger partial charge in [0.2, 0.25) is 5.91 Å². The van der Waals surface area contributed by atoms with E-state index < -0.39 is 5.91 Å². The van der Waals surface area contributed by atoms with E-state index in [4.69, 9.17) is 10.5 Å². The Kier molecular flexibility index (Phi) is 3.65. The third-order valence-corrected chi connectivity index (χ3v) is 3.38. The highest BCUT2D eigenvalue weighted by molar-refractivity contribution is 5.96. The van der Waals surface area contributed by atoms with Crippen LogP contribution in [0.15, 0.2) is 42.5 Å². The molecule has 6 nitrogen and oxygen atoms in total. The number of fused-ring (bicyclic) bond motifs is 1. The Labute approximate surface area is 127 Å². The first-order valence-electron chi connectivity index (χ1n) is 6.82. The molecule has 0 bridgehead atoms. The zero-order valence-corrected chi connectivity index (χ0v) is 11.8. The molecule has 0 radical (unpaired) electrons. The number of nitrogens with one attached hydrogen (secondary N) is 2. The van der Waals surface area contributed by atoms with Gasteiger partial charge >= 0.3 is 0 Å². The molecule has 0 saturated carbocycles. The minimum absolute atomic E-state index is 0.0148. The fourth-order valence-electron chi connectivity index (χ4n) is 2.30. The lowest BCUT2D eigenvalue weighted by Crippen LogP contribution is -2.25. The molecule has 0 aromatic heterocycles. The molecule has 0 fully saturated rings. The Hall–Kier alpha value is -3.02. The molecule has 0 spiro atoms. The van der Waals surface area contributed by atoms with Crippen LogP contribution in [0.25, 0.3) is 0 Å². The van der Waals surface area contributed by atoms with E-state index in [9.17, 15) is 9.59 Å². The number of anilines is 2. The topological polar surface area (TPSA) is 93.5 Å². The third kappa shape index (κ3) is 2.85. The molecule has 0 unspecified atom stereocenters. The van der Waals surface area contributed by atoms with Crippen LogP contribution in [0.4, 0.5) is 11.4 Å². The zero-order chi connectivity index (χ0) is 15.5. The van der Waals surface area contributed by atoms with E-state index >= 15 is 0 Å². The number of carbonyl (C=O) groups is 2. The largest absolute Gasteiger partial charge is 0.482 e. The van der Waals surface area contributed by atoms with Crippen molar-refractivity contribution in [3.8, 4) is 5.75 Å². The van der Waals surface area contributed by atoms with Crippen LogP contribution in [0, 0.1) is 0 Å². The molecule has 112 valence electrons. The van der Waals surface area contributed by atoms with Crippen molar-refractivity contribution in [3.63, 3.8) is 0 Å². The third-order valence-electron chi connectivity index (χ3n) is 3.38. The summed E-state index contributed by atoms with van der Waals surface area (Å²) in [5, 5.41) is 5.95. The van der Waals surface area contributed by atoms with Crippen molar-refractivity contribution in [2.24, 2.45) is 5.73 Å². The van der Waals surface area contributed by atoms with Gasteiger partial charge < -0.3 is 21.1 Å². The van der Waals surface area contributed by atoms with Gasteiger partial charge in [-0.2, -0.15) is 0 Å². The van der Waals surface area contributed by atoms with Gasteiger partial charge in [-0.15, -0.1) is 0 Å². The summed E-state index contributed by atoms with van der Waals surface area (Å²) in [6, 6.07) is 12.6. The van der Waals surface area contributed by atoms with Gasteiger partial charge in [-0.25, -0.2) is 0 Å². The normalized spacial score (nSPS) is 12.8. The average Bonchev–Trinajstić information content (AvgIpc) is 2.53. The Morgan fingerprint density at radius 2 is 2.09 bits per heavy atom. The van der Waals surface area contributed by atoms with Crippen LogP contribution in [0.3, 0.4) is 0 Å². The summed E-state index contributed by atoms with van der Waals surface area (Å²) in [6.45, 7) is 0.477. The number of nitrogens with two attached hydrogens (primary N) is 1. The van der Waals surface area contributed by atoms with Gasteiger partial charge in [0.25, 0.3) is 5.91 Å². The maximum Gasteiger partial charge on any atom is 0.262 e. The first-order valence-corrected chi connectivity index (χ1v) is 6.82. The number of carbonyl (C=O) groups excluding carboxylic acids is 2. The highest BCUT2D eigenvalue weighted by Gasteiger charge is 2.16. The molecule has 22 heavy (non-hydrogen) atoms. The summed E-state index contributed by atoms with van der Waals surface area (Å²) >= 11 is 0. The molecular weight excluding hydrogens is 282 g/mol. The van der Waals surface area contributed by atoms with E-state index in [1.54, 1.807) is 18.2 Å². The maximum atomic E-state index is 11.4. The van der Waals surface area contributed by atoms with Crippen molar-refractivity contribution in [3.05, 3.63) is 53.6 Å². The van der Waals surface area contributed by atoms with Crippen LogP contribution in [0.1, 0.15) is 15.9 Å². The Morgan fingerprint density at radius 3 is 2.91 bits per heavy atom. The Balaban J connectivity index is 1.75. The predicted octanol–water partition coefficient (Wildman–Crippen LogP) is 1.73. The van der Waals surface area contributed by atoms with Gasteiger partial charge in [0, 0.05) is 23.9 Å². The number of ether oxygens (including phenoxy) is 1. The van der Waals surface area contributed by atoms with Gasteiger partial charge in [-0.1, -0.05) is 18.2 Å². The lowest BCUT2D eigenvalue weighted by Gasteiger charge is -2.19. The van der Waals surface area contributed by atoms with Crippen LogP contribution >= 0.6 is 0 Å². The fraction of sp³-hybridized carbons (Fsp3) is 0.125. The monoisotopic (exact) mass is 297 g/mol. The lowest BCUT2D eigenvalue weighted by molar-refractivity contribution is -0.118. The average molecular weight is 297 g/mol. The molecule has 0 saturated heterocycles. The number of rotatable bonds is 4. The number of hydrogen-bond donors (Lipinski definition) is 3. The van der Waals surface area contributed by atoms with Gasteiger partial charge in [0.05, 0.1) is 5.69 Å². The van der Waals surface area contributed by atoms with E-state index in [1.807, 2.05) is 24.3 Å². The first kappa shape index (κ1) is 13.9. The fourth-order valence-corrected chi connectivity index (χ4v) is 2.30. The van der Waals surface area contributed by atoms with E-state index in [0.717, 1.165) is 11.3 Å². The molecule has 2 aromatic rings. The quantitative estimate of drug-likeness (QED) is 0.801. The number of amides is 2. The summed E-state index contributed by atoms with van der Waals surface area (Å²) in [6.07, 6.45) is 0. The summed E-state index contributed by atoms with van der Waals surface area (Å²) in [7, 11) is 0. The summed E-state index contributed by atoms with van der Waals surface area (Å²) < 4.78 is 5.36. The SMILES string of the molecule is NC(=O)c1ccccc1CNc1ccc2c(c1)OCC(=O)N2. The molecule has 0 aliphatic carbocycles. The van der Waals surface area contributed by atoms with E-state index in [-0.39, 0.29) is 12.5 Å². The smallest absolute Gasteiger partial charge is 0.262 e. The van der Waals surface area contributed by atoms with Gasteiger partial charge in [0.1, 0.15) is 5.75 Å². The second-order valence-electron chi connectivity index (χ2n) is 4.92. The molecule has 1 aliphatic heterocycles. The first-order chi connectivity index (χ1) is 10.6. The molecule has 4 N–H and O–H groups in total. The molecule has 6 heteroatoms. The van der Waals surface area contributed by atoms with E-state index in [1.165, 1.54) is 0 Å². The van der Waals surface area contributed by atoms with Crippen LogP contribution in [-0.2, 0) is 11.3 Å². The molecule has 2 amide bonds. The maximum absolute atomic E-state index is 11.4. The molecule has 1 aliphatic rings. The number of benzene rings is 2. The zero-order valence-electron chi connectivity index (χ0n) is 11.8. The van der Waals surface area contributed by atoms with Crippen molar-refractivity contribution in [1.29, 1.82) is 0 Å². The Morgan fingerprint density at radius 1 is 1.27 bits per heavy atom. The summed E-state index contributed by atoms with van der Waals surface area (Å²) in [5.41, 5.74) is 8.16. The number of primary amides is 1. The molecular formula is C16H15N3O3. The molecule has 0 atom stereocenters. The van der Waals surface area contributed by atoms with Gasteiger partial charge in [-0.05, 0) is 23.8 Å². The second kappa shape index (κ2) is 5.77. The van der Waals surface area contributed by atoms with Gasteiger partial charge in [-0.3, -0.25) is 9.59 Å². The minimum Gasteiger partial charge on any atom is -0.482 e. The second-order valence-corrected chi connectivity index (χ2v) is 4.92. The van der Waals surface area contributed by atoms with Crippen molar-refractivity contribution in [1.82, 2.24) is 0 Å².